The molecule has 0 fully saturated rings. The molecule has 3 aromatic heterocycles. The number of hydrogen-bond donors (Lipinski definition) is 1. The number of pyridine rings is 2. The number of nitrogens with one attached hydrogen (secondary N) is 1. The third-order valence-corrected chi connectivity index (χ3v) is 3.07. The Labute approximate surface area is 111 Å². The van der Waals surface area contributed by atoms with Crippen molar-refractivity contribution in [1.82, 2.24) is 19.6 Å². The number of rotatable bonds is 3. The van der Waals surface area contributed by atoms with E-state index in [-0.39, 0.29) is 0 Å². The summed E-state index contributed by atoms with van der Waals surface area (Å²) in [5, 5.41) is 7.62. The van der Waals surface area contributed by atoms with Crippen molar-refractivity contribution in [2.75, 3.05) is 5.32 Å². The van der Waals surface area contributed by atoms with Gasteiger partial charge in [-0.25, -0.2) is 4.52 Å². The Morgan fingerprint density at radius 2 is 2.16 bits per heavy atom. The second-order valence-electron chi connectivity index (χ2n) is 4.60. The number of anilines is 1. The van der Waals surface area contributed by atoms with Crippen molar-refractivity contribution in [2.45, 2.75) is 20.4 Å². The van der Waals surface area contributed by atoms with E-state index >= 15 is 0 Å². The van der Waals surface area contributed by atoms with Gasteiger partial charge in [0.2, 0.25) is 5.95 Å². The molecular formula is C14H15N5. The van der Waals surface area contributed by atoms with E-state index in [9.17, 15) is 0 Å². The monoisotopic (exact) mass is 253 g/mol. The lowest BCUT2D eigenvalue weighted by molar-refractivity contribution is 0.945. The summed E-state index contributed by atoms with van der Waals surface area (Å²) in [6.45, 7) is 4.79. The summed E-state index contributed by atoms with van der Waals surface area (Å²) in [7, 11) is 0. The molecule has 0 saturated carbocycles. The normalized spacial score (nSPS) is 10.8. The molecule has 0 radical (unpaired) electrons. The average Bonchev–Trinajstić information content (AvgIpc) is 2.79. The third-order valence-electron chi connectivity index (χ3n) is 3.07. The molecular weight excluding hydrogens is 238 g/mol. The topological polar surface area (TPSA) is 55.1 Å². The molecule has 5 heteroatoms. The smallest absolute Gasteiger partial charge is 0.243 e. The van der Waals surface area contributed by atoms with Crippen LogP contribution in [0.1, 0.15) is 16.7 Å². The lowest BCUT2D eigenvalue weighted by atomic mass is 10.1. The largest absolute Gasteiger partial charge is 0.349 e. The SMILES string of the molecule is Cc1ccn2nc(NCc3ccncc3C)nc2c1. The molecule has 3 rings (SSSR count). The Morgan fingerprint density at radius 1 is 1.26 bits per heavy atom. The van der Waals surface area contributed by atoms with E-state index in [0.29, 0.717) is 12.5 Å². The molecule has 5 nitrogen and oxygen atoms in total. The van der Waals surface area contributed by atoms with Gasteiger partial charge in [-0.3, -0.25) is 4.98 Å². The molecule has 0 aliphatic carbocycles. The third kappa shape index (κ3) is 2.40. The van der Waals surface area contributed by atoms with E-state index in [1.807, 2.05) is 44.4 Å². The van der Waals surface area contributed by atoms with Crippen LogP contribution in [0.4, 0.5) is 5.95 Å². The molecule has 1 N–H and O–H groups in total. The number of aromatic nitrogens is 4. The van der Waals surface area contributed by atoms with Crippen LogP contribution in [0.25, 0.3) is 5.65 Å². The fourth-order valence-corrected chi connectivity index (χ4v) is 1.93. The minimum absolute atomic E-state index is 0.641. The second-order valence-corrected chi connectivity index (χ2v) is 4.60. The van der Waals surface area contributed by atoms with Crippen LogP contribution in [0.2, 0.25) is 0 Å². The molecule has 0 amide bonds. The highest BCUT2D eigenvalue weighted by molar-refractivity contribution is 5.45. The second kappa shape index (κ2) is 4.68. The summed E-state index contributed by atoms with van der Waals surface area (Å²) < 4.78 is 1.77. The summed E-state index contributed by atoms with van der Waals surface area (Å²) >= 11 is 0. The van der Waals surface area contributed by atoms with Gasteiger partial charge in [-0.2, -0.15) is 4.98 Å². The van der Waals surface area contributed by atoms with Gasteiger partial charge >= 0.3 is 0 Å². The zero-order valence-electron chi connectivity index (χ0n) is 11.0. The molecule has 3 heterocycles. The summed E-state index contributed by atoms with van der Waals surface area (Å²) in [5.74, 6) is 0.641. The van der Waals surface area contributed by atoms with Gasteiger partial charge in [-0.1, -0.05) is 0 Å². The van der Waals surface area contributed by atoms with Gasteiger partial charge < -0.3 is 5.32 Å². The van der Waals surface area contributed by atoms with Gasteiger partial charge in [0.15, 0.2) is 5.65 Å². The molecule has 0 aromatic carbocycles. The minimum atomic E-state index is 0.641. The Morgan fingerprint density at radius 3 is 3.00 bits per heavy atom. The maximum absolute atomic E-state index is 4.44. The molecule has 0 aliphatic rings. The molecule has 0 unspecified atom stereocenters. The van der Waals surface area contributed by atoms with Gasteiger partial charge in [0.1, 0.15) is 0 Å². The first-order valence-electron chi connectivity index (χ1n) is 6.19. The molecule has 0 bridgehead atoms. The van der Waals surface area contributed by atoms with E-state index in [1.165, 1.54) is 11.1 Å². The van der Waals surface area contributed by atoms with Crippen LogP contribution in [0.3, 0.4) is 0 Å². The fourth-order valence-electron chi connectivity index (χ4n) is 1.93. The minimum Gasteiger partial charge on any atom is -0.349 e. The highest BCUT2D eigenvalue weighted by Crippen LogP contribution is 2.10. The highest BCUT2D eigenvalue weighted by Gasteiger charge is 2.04. The maximum Gasteiger partial charge on any atom is 0.243 e. The van der Waals surface area contributed by atoms with E-state index in [0.717, 1.165) is 11.2 Å². The van der Waals surface area contributed by atoms with Crippen LogP contribution in [0, 0.1) is 13.8 Å². The molecule has 0 atom stereocenters. The Hall–Kier alpha value is -2.43. The first kappa shape index (κ1) is 11.6. The summed E-state index contributed by atoms with van der Waals surface area (Å²) in [6, 6.07) is 6.02. The first-order chi connectivity index (χ1) is 9.22. The maximum atomic E-state index is 4.44. The van der Waals surface area contributed by atoms with Crippen LogP contribution in [-0.4, -0.2) is 19.6 Å². The van der Waals surface area contributed by atoms with Crippen LogP contribution in [0.15, 0.2) is 36.8 Å². The predicted octanol–water partition coefficient (Wildman–Crippen LogP) is 2.35. The lowest BCUT2D eigenvalue weighted by Crippen LogP contribution is -2.03. The Bertz CT molecular complexity index is 717. The molecule has 3 aromatic rings. The van der Waals surface area contributed by atoms with Crippen LogP contribution >= 0.6 is 0 Å². The fraction of sp³-hybridized carbons (Fsp3) is 0.214. The van der Waals surface area contributed by atoms with Crippen molar-refractivity contribution >= 4 is 11.6 Å². The molecule has 96 valence electrons. The lowest BCUT2D eigenvalue weighted by Gasteiger charge is -2.04. The van der Waals surface area contributed by atoms with E-state index in [4.69, 9.17) is 0 Å². The van der Waals surface area contributed by atoms with Crippen molar-refractivity contribution in [3.63, 3.8) is 0 Å². The predicted molar refractivity (Wildman–Crippen MR) is 74.0 cm³/mol. The van der Waals surface area contributed by atoms with Crippen molar-refractivity contribution in [2.24, 2.45) is 0 Å². The average molecular weight is 253 g/mol. The quantitative estimate of drug-likeness (QED) is 0.778. The zero-order valence-corrected chi connectivity index (χ0v) is 11.0. The summed E-state index contributed by atoms with van der Waals surface area (Å²) in [5.41, 5.74) is 4.39. The molecule has 0 aliphatic heterocycles. The van der Waals surface area contributed by atoms with Crippen molar-refractivity contribution in [3.8, 4) is 0 Å². The van der Waals surface area contributed by atoms with Gasteiger partial charge in [-0.15, -0.1) is 5.10 Å². The van der Waals surface area contributed by atoms with Gasteiger partial charge in [-0.05, 0) is 48.7 Å². The van der Waals surface area contributed by atoms with Crippen molar-refractivity contribution < 1.29 is 0 Å². The van der Waals surface area contributed by atoms with Gasteiger partial charge in [0, 0.05) is 25.1 Å². The van der Waals surface area contributed by atoms with Gasteiger partial charge in [0.05, 0.1) is 0 Å². The number of nitrogens with zero attached hydrogens (tertiary/aromatic N) is 4. The van der Waals surface area contributed by atoms with E-state index < -0.39 is 0 Å². The highest BCUT2D eigenvalue weighted by atomic mass is 15.3. The number of fused-ring (bicyclic) bond motifs is 1. The van der Waals surface area contributed by atoms with Crippen LogP contribution in [0.5, 0.6) is 0 Å². The summed E-state index contributed by atoms with van der Waals surface area (Å²) in [6.07, 6.45) is 5.57. The van der Waals surface area contributed by atoms with Crippen molar-refractivity contribution in [1.29, 1.82) is 0 Å². The first-order valence-corrected chi connectivity index (χ1v) is 6.19. The van der Waals surface area contributed by atoms with E-state index in [1.54, 1.807) is 10.7 Å². The zero-order chi connectivity index (χ0) is 13.2. The summed E-state index contributed by atoms with van der Waals surface area (Å²) in [4.78, 5) is 8.52. The van der Waals surface area contributed by atoms with Crippen LogP contribution in [-0.2, 0) is 6.54 Å². The Kier molecular flexibility index (Phi) is 2.87. The standard InChI is InChI=1S/C14H15N5/c1-10-4-6-19-13(7-10)17-14(18-19)16-9-12-3-5-15-8-11(12)2/h3-8H,9H2,1-2H3,(H,16,18). The van der Waals surface area contributed by atoms with Gasteiger partial charge in [0.25, 0.3) is 0 Å². The van der Waals surface area contributed by atoms with Crippen molar-refractivity contribution in [3.05, 3.63) is 53.5 Å². The number of hydrogen-bond acceptors (Lipinski definition) is 4. The number of aryl methyl sites for hydroxylation is 2. The van der Waals surface area contributed by atoms with E-state index in [2.05, 4.69) is 20.4 Å². The molecule has 19 heavy (non-hydrogen) atoms. The molecule has 0 spiro atoms. The Balaban J connectivity index is 1.80. The van der Waals surface area contributed by atoms with Crippen LogP contribution < -0.4 is 5.32 Å². The molecule has 0 saturated heterocycles.